The highest BCUT2D eigenvalue weighted by Gasteiger charge is 2.22. The normalized spacial score (nSPS) is 12.4. The molecule has 0 radical (unpaired) electrons. The summed E-state index contributed by atoms with van der Waals surface area (Å²) in [6.07, 6.45) is 10.0. The SMILES string of the molecule is CC(CCN=C=O)CC(C)(C)COC#N.CC(COC#N)CC(C)(C)CCN=C=O. The minimum absolute atomic E-state index is 0.0138. The molecular formula is C22H36N4O4. The molecule has 0 spiro atoms. The van der Waals surface area contributed by atoms with E-state index in [1.165, 1.54) is 12.2 Å². The molecular weight excluding hydrogens is 384 g/mol. The van der Waals surface area contributed by atoms with Crippen LogP contribution in [-0.4, -0.2) is 38.5 Å². The van der Waals surface area contributed by atoms with Crippen LogP contribution in [0.15, 0.2) is 9.98 Å². The Kier molecular flexibility index (Phi) is 17.0. The number of carbonyl (C=O) groups excluding carboxylic acids is 2. The molecule has 8 nitrogen and oxygen atoms in total. The van der Waals surface area contributed by atoms with Gasteiger partial charge >= 0.3 is 0 Å². The Morgan fingerprint density at radius 2 is 1.37 bits per heavy atom. The van der Waals surface area contributed by atoms with Crippen LogP contribution in [0.25, 0.3) is 0 Å². The summed E-state index contributed by atoms with van der Waals surface area (Å²) in [7, 11) is 0. The molecule has 0 aromatic rings. The van der Waals surface area contributed by atoms with Crippen molar-refractivity contribution in [2.75, 3.05) is 26.3 Å². The van der Waals surface area contributed by atoms with E-state index in [2.05, 4.69) is 49.3 Å². The molecule has 0 aromatic heterocycles. The Balaban J connectivity index is 0. The predicted octanol–water partition coefficient (Wildman–Crippen LogP) is 4.52. The summed E-state index contributed by atoms with van der Waals surface area (Å²) in [6, 6.07) is 0. The molecule has 0 heterocycles. The van der Waals surface area contributed by atoms with E-state index >= 15 is 0 Å². The molecule has 0 aromatic carbocycles. The molecule has 0 aliphatic carbocycles. The smallest absolute Gasteiger partial charge is 0.286 e. The van der Waals surface area contributed by atoms with E-state index in [4.69, 9.17) is 15.3 Å². The molecule has 8 heteroatoms. The predicted molar refractivity (Wildman–Crippen MR) is 113 cm³/mol. The first-order chi connectivity index (χ1) is 14.0. The highest BCUT2D eigenvalue weighted by molar-refractivity contribution is 5.32. The van der Waals surface area contributed by atoms with Crippen LogP contribution in [0.2, 0.25) is 0 Å². The minimum Gasteiger partial charge on any atom is -0.427 e. The fourth-order valence-electron chi connectivity index (χ4n) is 3.35. The number of ether oxygens (including phenoxy) is 2. The summed E-state index contributed by atoms with van der Waals surface area (Å²) in [6.45, 7) is 14.4. The van der Waals surface area contributed by atoms with Crippen LogP contribution < -0.4 is 0 Å². The van der Waals surface area contributed by atoms with Gasteiger partial charge in [0.05, 0.1) is 13.1 Å². The van der Waals surface area contributed by atoms with Crippen molar-refractivity contribution in [1.82, 2.24) is 0 Å². The minimum atomic E-state index is -0.0138. The van der Waals surface area contributed by atoms with Crippen LogP contribution in [0.4, 0.5) is 0 Å². The van der Waals surface area contributed by atoms with Crippen molar-refractivity contribution in [3.8, 4) is 12.5 Å². The molecule has 0 aliphatic heterocycles. The summed E-state index contributed by atoms with van der Waals surface area (Å²) in [5, 5.41) is 16.6. The molecule has 0 N–H and O–H groups in total. The van der Waals surface area contributed by atoms with Crippen molar-refractivity contribution in [2.24, 2.45) is 32.7 Å². The Morgan fingerprint density at radius 3 is 1.90 bits per heavy atom. The summed E-state index contributed by atoms with van der Waals surface area (Å²) in [5.74, 6) is 0.791. The third-order valence-electron chi connectivity index (χ3n) is 4.53. The van der Waals surface area contributed by atoms with Crippen molar-refractivity contribution >= 4 is 12.2 Å². The van der Waals surface area contributed by atoms with Gasteiger partial charge in [0, 0.05) is 5.41 Å². The highest BCUT2D eigenvalue weighted by atomic mass is 16.5. The molecule has 30 heavy (non-hydrogen) atoms. The Bertz CT molecular complexity index is 637. The van der Waals surface area contributed by atoms with E-state index in [1.54, 1.807) is 12.5 Å². The zero-order chi connectivity index (χ0) is 23.5. The van der Waals surface area contributed by atoms with Crippen LogP contribution >= 0.6 is 0 Å². The molecule has 2 atom stereocenters. The summed E-state index contributed by atoms with van der Waals surface area (Å²) in [5.41, 5.74) is 0.0959. The summed E-state index contributed by atoms with van der Waals surface area (Å²) in [4.78, 5) is 26.8. The van der Waals surface area contributed by atoms with E-state index < -0.39 is 0 Å². The number of nitrogens with zero attached hydrogens (tertiary/aromatic N) is 4. The Hall–Kier alpha value is -2.66. The number of rotatable bonds is 14. The standard InChI is InChI=1S/2C11H18N2O2/c1-10(7-15-8-12)6-11(2,3)4-5-13-9-14;1-10(4-5-13-9-14)6-11(2,3)7-15-8-12/h2*10H,4-7H2,1-3H3. The van der Waals surface area contributed by atoms with Gasteiger partial charge in [0.25, 0.3) is 12.5 Å². The van der Waals surface area contributed by atoms with Crippen LogP contribution in [0, 0.1) is 45.7 Å². The first-order valence-corrected chi connectivity index (χ1v) is 10.1. The van der Waals surface area contributed by atoms with Crippen molar-refractivity contribution in [1.29, 1.82) is 10.5 Å². The monoisotopic (exact) mass is 420 g/mol. The second kappa shape index (κ2) is 17.2. The van der Waals surface area contributed by atoms with E-state index in [0.717, 1.165) is 25.7 Å². The van der Waals surface area contributed by atoms with Gasteiger partial charge < -0.3 is 9.47 Å². The van der Waals surface area contributed by atoms with Crippen molar-refractivity contribution < 1.29 is 19.1 Å². The molecule has 0 saturated heterocycles. The molecule has 168 valence electrons. The third-order valence-corrected chi connectivity index (χ3v) is 4.53. The quantitative estimate of drug-likeness (QED) is 0.231. The second-order valence-electron chi connectivity index (χ2n) is 9.21. The zero-order valence-corrected chi connectivity index (χ0v) is 19.2. The van der Waals surface area contributed by atoms with Gasteiger partial charge in [-0.2, -0.15) is 10.5 Å². The molecule has 0 amide bonds. The lowest BCUT2D eigenvalue weighted by molar-refractivity contribution is 0.124. The van der Waals surface area contributed by atoms with Crippen LogP contribution in [0.5, 0.6) is 0 Å². The first-order valence-electron chi connectivity index (χ1n) is 10.1. The van der Waals surface area contributed by atoms with Crippen molar-refractivity contribution in [3.05, 3.63) is 0 Å². The number of nitriles is 2. The Labute approximate surface area is 181 Å². The molecule has 0 rings (SSSR count). The summed E-state index contributed by atoms with van der Waals surface area (Å²) < 4.78 is 9.43. The fraction of sp³-hybridized carbons (Fsp3) is 0.818. The topological polar surface area (TPSA) is 125 Å². The van der Waals surface area contributed by atoms with Gasteiger partial charge in [-0.3, -0.25) is 0 Å². The van der Waals surface area contributed by atoms with Crippen LogP contribution in [-0.2, 0) is 19.1 Å². The largest absolute Gasteiger partial charge is 0.427 e. The molecule has 0 bridgehead atoms. The maximum atomic E-state index is 9.91. The van der Waals surface area contributed by atoms with Gasteiger partial charge in [-0.15, -0.1) is 0 Å². The van der Waals surface area contributed by atoms with Gasteiger partial charge in [0.2, 0.25) is 12.2 Å². The second-order valence-corrected chi connectivity index (χ2v) is 9.21. The van der Waals surface area contributed by atoms with Gasteiger partial charge in [0.1, 0.15) is 13.2 Å². The van der Waals surface area contributed by atoms with Crippen molar-refractivity contribution in [3.63, 3.8) is 0 Å². The maximum absolute atomic E-state index is 9.91. The van der Waals surface area contributed by atoms with Gasteiger partial charge in [-0.1, -0.05) is 41.5 Å². The molecule has 0 saturated carbocycles. The van der Waals surface area contributed by atoms with Gasteiger partial charge in [0.15, 0.2) is 0 Å². The number of hydrogen-bond donors (Lipinski definition) is 0. The first kappa shape index (κ1) is 29.5. The van der Waals surface area contributed by atoms with Gasteiger partial charge in [-0.05, 0) is 42.9 Å². The lowest BCUT2D eigenvalue weighted by atomic mass is 9.81. The van der Waals surface area contributed by atoms with Crippen LogP contribution in [0.3, 0.4) is 0 Å². The van der Waals surface area contributed by atoms with E-state index in [0.29, 0.717) is 38.1 Å². The van der Waals surface area contributed by atoms with E-state index in [9.17, 15) is 9.59 Å². The van der Waals surface area contributed by atoms with Gasteiger partial charge in [-0.25, -0.2) is 19.6 Å². The summed E-state index contributed by atoms with van der Waals surface area (Å²) >= 11 is 0. The highest BCUT2D eigenvalue weighted by Crippen LogP contribution is 2.29. The molecule has 2 unspecified atom stereocenters. The van der Waals surface area contributed by atoms with E-state index in [-0.39, 0.29) is 10.8 Å². The van der Waals surface area contributed by atoms with Crippen molar-refractivity contribution in [2.45, 2.75) is 67.2 Å². The average Bonchev–Trinajstić information content (AvgIpc) is 2.65. The number of aliphatic imine (C=N–C) groups is 2. The van der Waals surface area contributed by atoms with E-state index in [1.807, 2.05) is 6.92 Å². The Morgan fingerprint density at radius 1 is 0.833 bits per heavy atom. The third kappa shape index (κ3) is 20.1. The lowest BCUT2D eigenvalue weighted by Gasteiger charge is -2.26. The maximum Gasteiger partial charge on any atom is 0.286 e. The molecule has 0 fully saturated rings. The lowest BCUT2D eigenvalue weighted by Crippen LogP contribution is -2.21. The fourth-order valence-corrected chi connectivity index (χ4v) is 3.35. The zero-order valence-electron chi connectivity index (χ0n) is 19.2. The number of isocyanates is 2. The average molecular weight is 421 g/mol. The number of hydrogen-bond acceptors (Lipinski definition) is 8. The van der Waals surface area contributed by atoms with Crippen LogP contribution in [0.1, 0.15) is 67.2 Å². The molecule has 0 aliphatic rings.